The van der Waals surface area contributed by atoms with Gasteiger partial charge in [0.1, 0.15) is 11.5 Å². The molecule has 2 N–H and O–H groups in total. The molecule has 38 heavy (non-hydrogen) atoms. The predicted molar refractivity (Wildman–Crippen MR) is 148 cm³/mol. The zero-order chi connectivity index (χ0) is 26.9. The first-order valence-electron chi connectivity index (χ1n) is 11.9. The standard InChI is InChI=1S/C32H25FN2O3/c1-22-8-7-9-23(20-22)14-19-30(36)24-15-17-27(18-16-24)34-32(38)29(21-26-12-5-6-13-28(26)33)35-31(37)25-10-3-2-4-11-25/h2-21H,1H3,(H,34,38)(H,35,37)/b19-14+,29-21-. The number of halogens is 1. The molecule has 4 rings (SSSR count). The van der Waals surface area contributed by atoms with Crippen molar-refractivity contribution in [3.05, 3.63) is 149 Å². The minimum absolute atomic E-state index is 0.134. The van der Waals surface area contributed by atoms with Gasteiger partial charge in [0.05, 0.1) is 0 Å². The molecule has 0 saturated heterocycles. The highest BCUT2D eigenvalue weighted by Gasteiger charge is 2.16. The highest BCUT2D eigenvalue weighted by atomic mass is 19.1. The van der Waals surface area contributed by atoms with Gasteiger partial charge in [-0.25, -0.2) is 4.39 Å². The molecular weight excluding hydrogens is 479 g/mol. The van der Waals surface area contributed by atoms with Crippen LogP contribution in [0.4, 0.5) is 10.1 Å². The molecule has 0 radical (unpaired) electrons. The summed E-state index contributed by atoms with van der Waals surface area (Å²) in [7, 11) is 0. The Balaban J connectivity index is 1.50. The third-order valence-electron chi connectivity index (χ3n) is 5.63. The monoisotopic (exact) mass is 504 g/mol. The molecule has 0 heterocycles. The Morgan fingerprint density at radius 1 is 0.763 bits per heavy atom. The SMILES string of the molecule is Cc1cccc(/C=C/C(=O)c2ccc(NC(=O)/C(=C/c3ccccc3F)NC(=O)c3ccccc3)cc2)c1. The largest absolute Gasteiger partial charge is 0.321 e. The van der Waals surface area contributed by atoms with Gasteiger partial charge in [0.25, 0.3) is 11.8 Å². The van der Waals surface area contributed by atoms with E-state index in [-0.39, 0.29) is 17.0 Å². The fourth-order valence-corrected chi connectivity index (χ4v) is 3.65. The van der Waals surface area contributed by atoms with E-state index in [4.69, 9.17) is 0 Å². The van der Waals surface area contributed by atoms with Crippen LogP contribution >= 0.6 is 0 Å². The van der Waals surface area contributed by atoms with Crippen molar-refractivity contribution < 1.29 is 18.8 Å². The van der Waals surface area contributed by atoms with Crippen LogP contribution in [0.5, 0.6) is 0 Å². The van der Waals surface area contributed by atoms with Gasteiger partial charge in [0.15, 0.2) is 5.78 Å². The average Bonchev–Trinajstić information content (AvgIpc) is 2.93. The quantitative estimate of drug-likeness (QED) is 0.214. The number of allylic oxidation sites excluding steroid dienone is 1. The molecular formula is C32H25FN2O3. The summed E-state index contributed by atoms with van der Waals surface area (Å²) >= 11 is 0. The van der Waals surface area contributed by atoms with Gasteiger partial charge in [0, 0.05) is 22.4 Å². The van der Waals surface area contributed by atoms with Crippen molar-refractivity contribution >= 4 is 35.4 Å². The van der Waals surface area contributed by atoms with Crippen LogP contribution in [0.15, 0.2) is 115 Å². The number of amides is 2. The number of carbonyl (C=O) groups excluding carboxylic acids is 3. The van der Waals surface area contributed by atoms with E-state index in [1.807, 2.05) is 31.2 Å². The van der Waals surface area contributed by atoms with Crippen LogP contribution in [0.3, 0.4) is 0 Å². The minimum Gasteiger partial charge on any atom is -0.321 e. The summed E-state index contributed by atoms with van der Waals surface area (Å²) in [6.07, 6.45) is 4.52. The molecule has 0 bridgehead atoms. The van der Waals surface area contributed by atoms with Crippen molar-refractivity contribution in [1.82, 2.24) is 5.32 Å². The summed E-state index contributed by atoms with van der Waals surface area (Å²) < 4.78 is 14.3. The lowest BCUT2D eigenvalue weighted by atomic mass is 10.1. The molecule has 0 fully saturated rings. The minimum atomic E-state index is -0.643. The summed E-state index contributed by atoms with van der Waals surface area (Å²) in [4.78, 5) is 38.4. The lowest BCUT2D eigenvalue weighted by molar-refractivity contribution is -0.113. The molecule has 4 aromatic carbocycles. The molecule has 0 aliphatic heterocycles. The second-order valence-electron chi connectivity index (χ2n) is 8.54. The van der Waals surface area contributed by atoms with E-state index in [1.54, 1.807) is 66.7 Å². The molecule has 2 amide bonds. The smallest absolute Gasteiger partial charge is 0.272 e. The topological polar surface area (TPSA) is 75.3 Å². The second kappa shape index (κ2) is 12.2. The van der Waals surface area contributed by atoms with E-state index in [2.05, 4.69) is 10.6 Å². The summed E-state index contributed by atoms with van der Waals surface area (Å²) in [6.45, 7) is 1.98. The number of carbonyl (C=O) groups is 3. The van der Waals surface area contributed by atoms with Crippen LogP contribution in [0.25, 0.3) is 12.2 Å². The van der Waals surface area contributed by atoms with E-state index in [0.29, 0.717) is 16.8 Å². The number of nitrogens with one attached hydrogen (secondary N) is 2. The zero-order valence-corrected chi connectivity index (χ0v) is 20.6. The van der Waals surface area contributed by atoms with E-state index in [9.17, 15) is 18.8 Å². The summed E-state index contributed by atoms with van der Waals surface area (Å²) in [5, 5.41) is 5.27. The molecule has 0 atom stereocenters. The van der Waals surface area contributed by atoms with Crippen LogP contribution in [0, 0.1) is 12.7 Å². The first-order valence-corrected chi connectivity index (χ1v) is 11.9. The van der Waals surface area contributed by atoms with Gasteiger partial charge >= 0.3 is 0 Å². The van der Waals surface area contributed by atoms with Gasteiger partial charge in [-0.15, -0.1) is 0 Å². The van der Waals surface area contributed by atoms with Crippen molar-refractivity contribution in [2.45, 2.75) is 6.92 Å². The molecule has 0 aromatic heterocycles. The Labute approximate surface area is 220 Å². The normalized spacial score (nSPS) is 11.3. The Bertz CT molecular complexity index is 1520. The Morgan fingerprint density at radius 2 is 1.47 bits per heavy atom. The van der Waals surface area contributed by atoms with Gasteiger partial charge in [-0.2, -0.15) is 0 Å². The number of benzene rings is 4. The maximum absolute atomic E-state index is 14.3. The number of ketones is 1. The van der Waals surface area contributed by atoms with Crippen LogP contribution in [-0.2, 0) is 4.79 Å². The van der Waals surface area contributed by atoms with Crippen molar-refractivity contribution in [1.29, 1.82) is 0 Å². The molecule has 0 aliphatic rings. The maximum atomic E-state index is 14.3. The number of rotatable bonds is 8. The summed E-state index contributed by atoms with van der Waals surface area (Å²) in [6, 6.07) is 28.5. The van der Waals surface area contributed by atoms with Gasteiger partial charge in [-0.1, -0.05) is 72.3 Å². The molecule has 0 unspecified atom stereocenters. The van der Waals surface area contributed by atoms with E-state index in [1.165, 1.54) is 30.4 Å². The zero-order valence-electron chi connectivity index (χ0n) is 20.6. The highest BCUT2D eigenvalue weighted by Crippen LogP contribution is 2.16. The third-order valence-corrected chi connectivity index (χ3v) is 5.63. The molecule has 5 nitrogen and oxygen atoms in total. The van der Waals surface area contributed by atoms with Gasteiger partial charge in [-0.3, -0.25) is 14.4 Å². The lowest BCUT2D eigenvalue weighted by Crippen LogP contribution is -2.30. The number of aryl methyl sites for hydroxylation is 1. The number of hydrogen-bond acceptors (Lipinski definition) is 3. The summed E-state index contributed by atoms with van der Waals surface area (Å²) in [5.41, 5.74) is 3.24. The fourth-order valence-electron chi connectivity index (χ4n) is 3.65. The first-order chi connectivity index (χ1) is 18.4. The lowest BCUT2D eigenvalue weighted by Gasteiger charge is -2.12. The highest BCUT2D eigenvalue weighted by molar-refractivity contribution is 6.11. The maximum Gasteiger partial charge on any atom is 0.272 e. The van der Waals surface area contributed by atoms with Crippen LogP contribution in [0.1, 0.15) is 37.4 Å². The van der Waals surface area contributed by atoms with E-state index in [0.717, 1.165) is 11.1 Å². The Hall–Kier alpha value is -5.10. The Morgan fingerprint density at radius 3 is 2.18 bits per heavy atom. The summed E-state index contributed by atoms with van der Waals surface area (Å²) in [5.74, 6) is -1.87. The predicted octanol–water partition coefficient (Wildman–Crippen LogP) is 6.44. The second-order valence-corrected chi connectivity index (χ2v) is 8.54. The van der Waals surface area contributed by atoms with Gasteiger partial charge in [-0.05, 0) is 67.1 Å². The Kier molecular flexibility index (Phi) is 8.36. The molecule has 0 spiro atoms. The molecule has 0 aliphatic carbocycles. The molecule has 6 heteroatoms. The van der Waals surface area contributed by atoms with Crippen LogP contribution in [-0.4, -0.2) is 17.6 Å². The van der Waals surface area contributed by atoms with E-state index < -0.39 is 17.6 Å². The van der Waals surface area contributed by atoms with Crippen molar-refractivity contribution in [2.75, 3.05) is 5.32 Å². The number of anilines is 1. The van der Waals surface area contributed by atoms with Crippen LogP contribution in [0.2, 0.25) is 0 Å². The molecule has 0 saturated carbocycles. The first kappa shape index (κ1) is 26.0. The van der Waals surface area contributed by atoms with Crippen molar-refractivity contribution in [3.63, 3.8) is 0 Å². The van der Waals surface area contributed by atoms with Crippen molar-refractivity contribution in [3.8, 4) is 0 Å². The van der Waals surface area contributed by atoms with Crippen LogP contribution < -0.4 is 10.6 Å². The molecule has 188 valence electrons. The third kappa shape index (κ3) is 6.98. The average molecular weight is 505 g/mol. The van der Waals surface area contributed by atoms with Crippen molar-refractivity contribution in [2.24, 2.45) is 0 Å². The molecule has 4 aromatic rings. The van der Waals surface area contributed by atoms with Gasteiger partial charge in [0.2, 0.25) is 0 Å². The van der Waals surface area contributed by atoms with Gasteiger partial charge < -0.3 is 10.6 Å². The van der Waals surface area contributed by atoms with E-state index >= 15 is 0 Å². The fraction of sp³-hybridized carbons (Fsp3) is 0.0312. The number of hydrogen-bond donors (Lipinski definition) is 2.